The molecule has 0 saturated carbocycles. The minimum atomic E-state index is -0.487. The van der Waals surface area contributed by atoms with Crippen LogP contribution in [0.5, 0.6) is 0 Å². The van der Waals surface area contributed by atoms with E-state index in [-0.39, 0.29) is 0 Å². The number of para-hydroxylation sites is 1. The summed E-state index contributed by atoms with van der Waals surface area (Å²) in [6.45, 7) is 0. The smallest absolute Gasteiger partial charge is 0.0892 e. The number of aromatic nitrogens is 2. The van der Waals surface area contributed by atoms with Crippen LogP contribution in [0.15, 0.2) is 115 Å². The molecule has 1 aliphatic rings. The highest BCUT2D eigenvalue weighted by molar-refractivity contribution is 6.13. The van der Waals surface area contributed by atoms with Crippen LogP contribution in [0, 0.1) is 0 Å². The lowest BCUT2D eigenvalue weighted by atomic mass is 9.69. The molecule has 150 valence electrons. The van der Waals surface area contributed by atoms with Crippen LogP contribution in [0.1, 0.15) is 22.4 Å². The van der Waals surface area contributed by atoms with E-state index in [9.17, 15) is 0 Å². The van der Waals surface area contributed by atoms with Crippen molar-refractivity contribution in [2.24, 2.45) is 0 Å². The number of nitrogens with zero attached hydrogens (tertiary/aromatic N) is 1. The molecule has 6 aromatic rings. The predicted octanol–water partition coefficient (Wildman–Crippen LogP) is 7.08. The molecule has 7 rings (SSSR count). The second-order valence-electron chi connectivity index (χ2n) is 8.46. The molecule has 2 heteroatoms. The first-order chi connectivity index (χ1) is 15.9. The van der Waals surface area contributed by atoms with Crippen LogP contribution < -0.4 is 0 Å². The number of benzene rings is 4. The second kappa shape index (κ2) is 6.41. The summed E-state index contributed by atoms with van der Waals surface area (Å²) >= 11 is 0. The highest BCUT2D eigenvalue weighted by Gasteiger charge is 2.48. The number of H-pyrrole nitrogens is 1. The van der Waals surface area contributed by atoms with Crippen molar-refractivity contribution in [3.63, 3.8) is 0 Å². The van der Waals surface area contributed by atoms with E-state index in [0.29, 0.717) is 0 Å². The molecule has 2 nitrogen and oxygen atoms in total. The fraction of sp³-hybridized carbons (Fsp3) is 0.0333. The molecule has 4 aromatic carbocycles. The maximum absolute atomic E-state index is 4.97. The molecular formula is C30H20N2. The quantitative estimate of drug-likeness (QED) is 0.325. The summed E-state index contributed by atoms with van der Waals surface area (Å²) in [5.41, 5.74) is 9.30. The van der Waals surface area contributed by atoms with Gasteiger partial charge in [-0.05, 0) is 52.1 Å². The molecule has 1 atom stereocenters. The van der Waals surface area contributed by atoms with Crippen molar-refractivity contribution >= 4 is 21.8 Å². The zero-order valence-electron chi connectivity index (χ0n) is 17.4. The zero-order chi connectivity index (χ0) is 21.1. The van der Waals surface area contributed by atoms with Crippen LogP contribution in [0.25, 0.3) is 32.9 Å². The van der Waals surface area contributed by atoms with Gasteiger partial charge in [0, 0.05) is 28.0 Å². The van der Waals surface area contributed by atoms with E-state index in [1.807, 2.05) is 12.3 Å². The molecule has 0 saturated heterocycles. The van der Waals surface area contributed by atoms with Gasteiger partial charge in [0.05, 0.1) is 11.1 Å². The lowest BCUT2D eigenvalue weighted by Gasteiger charge is -2.33. The van der Waals surface area contributed by atoms with Crippen molar-refractivity contribution < 1.29 is 0 Å². The van der Waals surface area contributed by atoms with E-state index in [4.69, 9.17) is 4.98 Å². The van der Waals surface area contributed by atoms with Crippen LogP contribution in [-0.2, 0) is 5.41 Å². The lowest BCUT2D eigenvalue weighted by molar-refractivity contribution is 0.741. The van der Waals surface area contributed by atoms with E-state index in [1.165, 1.54) is 38.6 Å². The molecule has 0 radical (unpaired) electrons. The monoisotopic (exact) mass is 408 g/mol. The minimum absolute atomic E-state index is 0.487. The molecular weight excluding hydrogens is 388 g/mol. The molecule has 0 fully saturated rings. The van der Waals surface area contributed by atoms with Gasteiger partial charge in [0.25, 0.3) is 0 Å². The third-order valence-electron chi connectivity index (χ3n) is 6.92. The maximum Gasteiger partial charge on any atom is 0.0892 e. The maximum atomic E-state index is 4.97. The summed E-state index contributed by atoms with van der Waals surface area (Å²) < 4.78 is 0. The average molecular weight is 409 g/mol. The lowest BCUT2D eigenvalue weighted by Crippen LogP contribution is -2.29. The average Bonchev–Trinajstić information content (AvgIpc) is 3.39. The van der Waals surface area contributed by atoms with Gasteiger partial charge in [-0.3, -0.25) is 4.98 Å². The number of rotatable bonds is 2. The van der Waals surface area contributed by atoms with Gasteiger partial charge in [0.15, 0.2) is 0 Å². The largest absolute Gasteiger partial charge is 0.355 e. The number of aromatic amines is 1. The Hall–Kier alpha value is -4.17. The van der Waals surface area contributed by atoms with Gasteiger partial charge < -0.3 is 4.98 Å². The van der Waals surface area contributed by atoms with Crippen molar-refractivity contribution in [2.75, 3.05) is 0 Å². The van der Waals surface area contributed by atoms with Crippen LogP contribution in [-0.4, -0.2) is 9.97 Å². The Kier molecular flexibility index (Phi) is 3.51. The Morgan fingerprint density at radius 3 is 2.25 bits per heavy atom. The third-order valence-corrected chi connectivity index (χ3v) is 6.92. The Morgan fingerprint density at radius 2 is 1.38 bits per heavy atom. The second-order valence-corrected chi connectivity index (χ2v) is 8.46. The van der Waals surface area contributed by atoms with E-state index in [0.717, 1.165) is 16.7 Å². The van der Waals surface area contributed by atoms with Crippen molar-refractivity contribution in [2.45, 2.75) is 5.41 Å². The van der Waals surface area contributed by atoms with Gasteiger partial charge in [-0.2, -0.15) is 0 Å². The predicted molar refractivity (Wildman–Crippen MR) is 131 cm³/mol. The molecule has 1 N–H and O–H groups in total. The highest BCUT2D eigenvalue weighted by atomic mass is 14.7. The van der Waals surface area contributed by atoms with E-state index in [1.54, 1.807) is 0 Å². The highest BCUT2D eigenvalue weighted by Crippen LogP contribution is 2.58. The standard InChI is InChI=1S/C30H20N2/c1-2-10-20(11-3-1)30(27-16-8-9-19-31-27)24-14-6-4-12-21(24)22-17-18-26-28(29(22)30)23-13-5-7-15-25(23)32-26/h1-19,32H. The summed E-state index contributed by atoms with van der Waals surface area (Å²) in [4.78, 5) is 8.62. The summed E-state index contributed by atoms with van der Waals surface area (Å²) in [6.07, 6.45) is 1.91. The number of fused-ring (bicyclic) bond motifs is 7. The van der Waals surface area contributed by atoms with E-state index >= 15 is 0 Å². The fourth-order valence-corrected chi connectivity index (χ4v) is 5.72. The van der Waals surface area contributed by atoms with Crippen molar-refractivity contribution in [1.29, 1.82) is 0 Å². The summed E-state index contributed by atoms with van der Waals surface area (Å²) in [6, 6.07) is 39.0. The fourth-order valence-electron chi connectivity index (χ4n) is 5.72. The third kappa shape index (κ3) is 2.11. The number of hydrogen-bond acceptors (Lipinski definition) is 1. The molecule has 1 unspecified atom stereocenters. The first-order valence-electron chi connectivity index (χ1n) is 11.0. The molecule has 0 spiro atoms. The van der Waals surface area contributed by atoms with Gasteiger partial charge in [0.1, 0.15) is 0 Å². The van der Waals surface area contributed by atoms with Gasteiger partial charge in [-0.1, -0.05) is 84.9 Å². The van der Waals surface area contributed by atoms with Gasteiger partial charge >= 0.3 is 0 Å². The van der Waals surface area contributed by atoms with E-state index < -0.39 is 5.41 Å². The first-order valence-corrected chi connectivity index (χ1v) is 11.0. The minimum Gasteiger partial charge on any atom is -0.355 e. The Balaban J connectivity index is 1.77. The summed E-state index contributed by atoms with van der Waals surface area (Å²) in [5.74, 6) is 0. The molecule has 2 heterocycles. The molecule has 0 aliphatic heterocycles. The topological polar surface area (TPSA) is 28.7 Å². The van der Waals surface area contributed by atoms with Crippen molar-refractivity contribution in [1.82, 2.24) is 9.97 Å². The van der Waals surface area contributed by atoms with Crippen LogP contribution in [0.4, 0.5) is 0 Å². The van der Waals surface area contributed by atoms with Crippen LogP contribution >= 0.6 is 0 Å². The summed E-state index contributed by atoms with van der Waals surface area (Å²) in [7, 11) is 0. The normalized spacial score (nSPS) is 16.9. The van der Waals surface area contributed by atoms with Gasteiger partial charge in [0.2, 0.25) is 0 Å². The van der Waals surface area contributed by atoms with Crippen LogP contribution in [0.2, 0.25) is 0 Å². The molecule has 0 amide bonds. The van der Waals surface area contributed by atoms with Crippen LogP contribution in [0.3, 0.4) is 0 Å². The molecule has 0 bridgehead atoms. The molecule has 2 aromatic heterocycles. The molecule has 1 aliphatic carbocycles. The SMILES string of the molecule is c1ccc(C2(c3ccccn3)c3ccccc3-c3ccc4[nH]c5ccccc5c4c32)cc1. The van der Waals surface area contributed by atoms with Gasteiger partial charge in [-0.15, -0.1) is 0 Å². The Morgan fingerprint density at radius 1 is 0.594 bits per heavy atom. The van der Waals surface area contributed by atoms with Gasteiger partial charge in [-0.25, -0.2) is 0 Å². The Labute approximate surface area is 186 Å². The first kappa shape index (κ1) is 17.5. The molecule has 32 heavy (non-hydrogen) atoms. The van der Waals surface area contributed by atoms with Crippen molar-refractivity contribution in [3.05, 3.63) is 138 Å². The number of pyridine rings is 1. The number of nitrogens with one attached hydrogen (secondary N) is 1. The zero-order valence-corrected chi connectivity index (χ0v) is 17.4. The number of hydrogen-bond donors (Lipinski definition) is 1. The van der Waals surface area contributed by atoms with Crippen molar-refractivity contribution in [3.8, 4) is 11.1 Å². The Bertz CT molecular complexity index is 1570. The summed E-state index contributed by atoms with van der Waals surface area (Å²) in [5, 5.41) is 2.53. The van der Waals surface area contributed by atoms with E-state index in [2.05, 4.69) is 108 Å².